The van der Waals surface area contributed by atoms with Crippen LogP contribution in [0.25, 0.3) is 0 Å². The highest BCUT2D eigenvalue weighted by atomic mass is 16.2. The molecule has 1 atom stereocenters. The van der Waals surface area contributed by atoms with E-state index in [0.717, 1.165) is 16.7 Å². The fourth-order valence-corrected chi connectivity index (χ4v) is 2.74. The quantitative estimate of drug-likeness (QED) is 0.663. The van der Waals surface area contributed by atoms with Crippen molar-refractivity contribution in [3.8, 4) is 12.3 Å². The topological polar surface area (TPSA) is 32.3 Å². The first-order valence-corrected chi connectivity index (χ1v) is 8.43. The lowest BCUT2D eigenvalue weighted by Gasteiger charge is -2.39. The Balaban J connectivity index is 2.37. The van der Waals surface area contributed by atoms with E-state index in [1.165, 1.54) is 0 Å². The summed E-state index contributed by atoms with van der Waals surface area (Å²) in [5.41, 5.74) is 6.40. The van der Waals surface area contributed by atoms with Crippen LogP contribution in [0.2, 0.25) is 0 Å². The van der Waals surface area contributed by atoms with Crippen molar-refractivity contribution in [1.82, 2.24) is 10.4 Å². The molecule has 0 saturated heterocycles. The molecule has 0 heterocycles. The zero-order valence-electron chi connectivity index (χ0n) is 15.6. The number of nitrogens with zero attached hydrogens (tertiary/aromatic N) is 1. The zero-order chi connectivity index (χ0) is 18.6. The van der Waals surface area contributed by atoms with Gasteiger partial charge < -0.3 is 0 Å². The summed E-state index contributed by atoms with van der Waals surface area (Å²) in [5.74, 6) is 2.67. The van der Waals surface area contributed by atoms with Crippen LogP contribution in [0.3, 0.4) is 0 Å². The van der Waals surface area contributed by atoms with Gasteiger partial charge in [0.15, 0.2) is 0 Å². The number of hydrazine groups is 1. The molecule has 1 amide bonds. The molecule has 0 aliphatic heterocycles. The highest BCUT2D eigenvalue weighted by Crippen LogP contribution is 2.26. The zero-order valence-corrected chi connectivity index (χ0v) is 15.6. The van der Waals surface area contributed by atoms with Crippen molar-refractivity contribution in [1.29, 1.82) is 0 Å². The molecule has 0 aliphatic rings. The van der Waals surface area contributed by atoms with Gasteiger partial charge in [0.05, 0.1) is 0 Å². The summed E-state index contributed by atoms with van der Waals surface area (Å²) in [6.45, 7) is 10.1. The number of rotatable bonds is 4. The van der Waals surface area contributed by atoms with Crippen LogP contribution in [0.4, 0.5) is 0 Å². The van der Waals surface area contributed by atoms with Crippen LogP contribution in [0.15, 0.2) is 48.5 Å². The average molecular weight is 334 g/mol. The van der Waals surface area contributed by atoms with Crippen LogP contribution in [0, 0.1) is 26.2 Å². The molecular weight excluding hydrogens is 308 g/mol. The number of hydrogen-bond acceptors (Lipinski definition) is 2. The van der Waals surface area contributed by atoms with Crippen molar-refractivity contribution in [2.24, 2.45) is 0 Å². The van der Waals surface area contributed by atoms with Gasteiger partial charge >= 0.3 is 0 Å². The molecule has 25 heavy (non-hydrogen) atoms. The average Bonchev–Trinajstić information content (AvgIpc) is 2.57. The van der Waals surface area contributed by atoms with Gasteiger partial charge in [-0.15, -0.1) is 6.42 Å². The lowest BCUT2D eigenvalue weighted by atomic mass is 10.00. The lowest BCUT2D eigenvalue weighted by Crippen LogP contribution is -2.54. The molecule has 2 aromatic rings. The van der Waals surface area contributed by atoms with E-state index in [1.54, 1.807) is 0 Å². The van der Waals surface area contributed by atoms with E-state index >= 15 is 0 Å². The number of nitrogens with one attached hydrogen (secondary N) is 1. The number of carbonyl (C=O) groups excluding carboxylic acids is 1. The second-order valence-electron chi connectivity index (χ2n) is 7.21. The number of benzene rings is 2. The Kier molecular flexibility index (Phi) is 5.66. The molecule has 0 saturated carbocycles. The fraction of sp³-hybridized carbons (Fsp3) is 0.318. The van der Waals surface area contributed by atoms with Crippen molar-refractivity contribution in [2.45, 2.75) is 46.2 Å². The molecule has 3 nitrogen and oxygen atoms in total. The second kappa shape index (κ2) is 7.55. The van der Waals surface area contributed by atoms with Gasteiger partial charge in [-0.1, -0.05) is 48.4 Å². The molecule has 2 aromatic carbocycles. The van der Waals surface area contributed by atoms with Crippen LogP contribution >= 0.6 is 0 Å². The van der Waals surface area contributed by atoms with Gasteiger partial charge in [-0.2, -0.15) is 5.01 Å². The third kappa shape index (κ3) is 4.29. The fourth-order valence-electron chi connectivity index (χ4n) is 2.74. The predicted molar refractivity (Wildman–Crippen MR) is 103 cm³/mol. The highest BCUT2D eigenvalue weighted by Gasteiger charge is 2.31. The smallest absolute Gasteiger partial charge is 0.265 e. The van der Waals surface area contributed by atoms with Gasteiger partial charge in [-0.3, -0.25) is 10.2 Å². The molecule has 1 unspecified atom stereocenters. The van der Waals surface area contributed by atoms with E-state index in [0.29, 0.717) is 5.56 Å². The Morgan fingerprint density at radius 1 is 1.08 bits per heavy atom. The van der Waals surface area contributed by atoms with E-state index in [-0.39, 0.29) is 17.5 Å². The number of hydrogen-bond donors (Lipinski definition) is 1. The first-order chi connectivity index (χ1) is 11.8. The molecule has 2 rings (SSSR count). The number of aryl methyl sites for hydroxylation is 1. The summed E-state index contributed by atoms with van der Waals surface area (Å²) in [6.07, 6.45) is 5.83. The van der Waals surface area contributed by atoms with Crippen molar-refractivity contribution < 1.29 is 4.79 Å². The van der Waals surface area contributed by atoms with Gasteiger partial charge in [0.2, 0.25) is 0 Å². The van der Waals surface area contributed by atoms with E-state index in [4.69, 9.17) is 6.42 Å². The summed E-state index contributed by atoms with van der Waals surface area (Å²) in [5, 5.41) is 1.85. The minimum Gasteiger partial charge on any atom is -0.283 e. The van der Waals surface area contributed by atoms with E-state index in [1.807, 2.05) is 88.2 Å². The van der Waals surface area contributed by atoms with Crippen LogP contribution < -0.4 is 5.43 Å². The van der Waals surface area contributed by atoms with Crippen molar-refractivity contribution in [2.75, 3.05) is 0 Å². The maximum absolute atomic E-state index is 12.9. The summed E-state index contributed by atoms with van der Waals surface area (Å²) in [7, 11) is 0. The van der Waals surface area contributed by atoms with Crippen molar-refractivity contribution in [3.63, 3.8) is 0 Å². The molecular formula is C22H26N2O. The molecule has 0 fully saturated rings. The maximum Gasteiger partial charge on any atom is 0.265 e. The van der Waals surface area contributed by atoms with Gasteiger partial charge in [0, 0.05) is 11.1 Å². The number of terminal acetylenes is 1. The number of carbonyl (C=O) groups is 1. The van der Waals surface area contributed by atoms with Crippen molar-refractivity contribution >= 4 is 5.91 Å². The lowest BCUT2D eigenvalue weighted by molar-refractivity contribution is 0.0363. The van der Waals surface area contributed by atoms with Gasteiger partial charge in [-0.25, -0.2) is 0 Å². The van der Waals surface area contributed by atoms with Crippen LogP contribution in [-0.4, -0.2) is 16.5 Å². The Morgan fingerprint density at radius 3 is 2.28 bits per heavy atom. The molecule has 0 spiro atoms. The normalized spacial score (nSPS) is 12.5. The minimum atomic E-state index is -0.352. The predicted octanol–water partition coefficient (Wildman–Crippen LogP) is 4.42. The highest BCUT2D eigenvalue weighted by molar-refractivity contribution is 5.95. The summed E-state index contributed by atoms with van der Waals surface area (Å²) in [4.78, 5) is 12.9. The second-order valence-corrected chi connectivity index (χ2v) is 7.21. The monoisotopic (exact) mass is 334 g/mol. The summed E-state index contributed by atoms with van der Waals surface area (Å²) >= 11 is 0. The Labute approximate surface area is 151 Å². The molecule has 0 bridgehead atoms. The number of amides is 1. The molecule has 130 valence electrons. The molecule has 0 aliphatic carbocycles. The van der Waals surface area contributed by atoms with Crippen LogP contribution in [-0.2, 0) is 0 Å². The van der Waals surface area contributed by atoms with E-state index in [2.05, 4.69) is 11.3 Å². The standard InChI is InChI=1S/C22H26N2O/c1-7-20(18-13-9-8-10-14-18)24(22(4,5)6)23-21(25)19-15-11-12-16(2)17(19)3/h1,8-15,20H,2-6H3,(H,23,25). The molecule has 1 N–H and O–H groups in total. The Morgan fingerprint density at radius 2 is 1.72 bits per heavy atom. The van der Waals surface area contributed by atoms with E-state index < -0.39 is 0 Å². The summed E-state index contributed by atoms with van der Waals surface area (Å²) in [6, 6.07) is 15.2. The minimum absolute atomic E-state index is 0.146. The third-order valence-corrected chi connectivity index (χ3v) is 4.33. The maximum atomic E-state index is 12.9. The first-order valence-electron chi connectivity index (χ1n) is 8.43. The van der Waals surface area contributed by atoms with Gasteiger partial charge in [-0.05, 0) is 57.4 Å². The molecule has 0 aromatic heterocycles. The van der Waals surface area contributed by atoms with Crippen LogP contribution in [0.5, 0.6) is 0 Å². The first kappa shape index (κ1) is 18.8. The van der Waals surface area contributed by atoms with Gasteiger partial charge in [0.1, 0.15) is 6.04 Å². The molecule has 0 radical (unpaired) electrons. The summed E-state index contributed by atoms with van der Waals surface area (Å²) < 4.78 is 0. The SMILES string of the molecule is C#CC(c1ccccc1)N(NC(=O)c1cccc(C)c1C)C(C)(C)C. The Bertz CT molecular complexity index is 782. The van der Waals surface area contributed by atoms with Crippen LogP contribution in [0.1, 0.15) is 53.9 Å². The largest absolute Gasteiger partial charge is 0.283 e. The third-order valence-electron chi connectivity index (χ3n) is 4.33. The van der Waals surface area contributed by atoms with E-state index in [9.17, 15) is 4.79 Å². The van der Waals surface area contributed by atoms with Gasteiger partial charge in [0.25, 0.3) is 5.91 Å². The Hall–Kier alpha value is -2.57. The van der Waals surface area contributed by atoms with Crippen molar-refractivity contribution in [3.05, 3.63) is 70.8 Å². The molecule has 3 heteroatoms.